The molecule has 8 heteroatoms. The van der Waals surface area contributed by atoms with Crippen LogP contribution in [-0.4, -0.2) is 52.9 Å². The fraction of sp³-hybridized carbons (Fsp3) is 0.519. The van der Waals surface area contributed by atoms with Gasteiger partial charge in [-0.3, -0.25) is 4.90 Å². The van der Waals surface area contributed by atoms with Crippen LogP contribution in [0.4, 0.5) is 9.18 Å². The number of hydrogen-bond donors (Lipinski definition) is 1. The minimum Gasteiger partial charge on any atom is -0.485 e. The SMILES string of the molecule is CC(C)(C)N(C(=O)O[C@@H]1CC(c2ccc(F)cc2)CC1Oc1ccc(C#N)nc1)C1CCCNC1. The normalized spacial score (nSPS) is 24.4. The Labute approximate surface area is 206 Å². The van der Waals surface area contributed by atoms with Gasteiger partial charge in [0.15, 0.2) is 0 Å². The summed E-state index contributed by atoms with van der Waals surface area (Å²) in [7, 11) is 0. The van der Waals surface area contributed by atoms with Gasteiger partial charge in [-0.05, 0) is 88.7 Å². The number of nitrogens with one attached hydrogen (secondary N) is 1. The average molecular weight is 481 g/mol. The van der Waals surface area contributed by atoms with Crippen molar-refractivity contribution in [1.29, 1.82) is 5.26 Å². The first-order valence-corrected chi connectivity index (χ1v) is 12.2. The smallest absolute Gasteiger partial charge is 0.410 e. The molecule has 1 saturated heterocycles. The zero-order valence-electron chi connectivity index (χ0n) is 20.5. The van der Waals surface area contributed by atoms with E-state index in [2.05, 4.69) is 10.3 Å². The summed E-state index contributed by atoms with van der Waals surface area (Å²) in [5.41, 5.74) is 0.891. The molecule has 3 unspecified atom stereocenters. The first-order valence-electron chi connectivity index (χ1n) is 12.2. The maximum atomic E-state index is 13.5. The number of hydrogen-bond acceptors (Lipinski definition) is 6. The van der Waals surface area contributed by atoms with E-state index in [0.29, 0.717) is 24.3 Å². The monoisotopic (exact) mass is 480 g/mol. The van der Waals surface area contributed by atoms with Gasteiger partial charge in [-0.2, -0.15) is 5.26 Å². The van der Waals surface area contributed by atoms with Crippen molar-refractivity contribution >= 4 is 6.09 Å². The molecule has 2 fully saturated rings. The van der Waals surface area contributed by atoms with Crippen LogP contribution in [0.15, 0.2) is 42.6 Å². The van der Waals surface area contributed by atoms with E-state index in [4.69, 9.17) is 14.7 Å². The average Bonchev–Trinajstić information content (AvgIpc) is 3.21. The molecule has 0 radical (unpaired) electrons. The third-order valence-electron chi connectivity index (χ3n) is 6.74. The number of benzene rings is 1. The summed E-state index contributed by atoms with van der Waals surface area (Å²) in [6, 6.07) is 11.8. The Bertz CT molecular complexity index is 1040. The Hall–Kier alpha value is -3.18. The van der Waals surface area contributed by atoms with Crippen molar-refractivity contribution in [3.63, 3.8) is 0 Å². The number of aromatic nitrogens is 1. The van der Waals surface area contributed by atoms with E-state index in [9.17, 15) is 9.18 Å². The number of halogens is 1. The highest BCUT2D eigenvalue weighted by Crippen LogP contribution is 2.39. The lowest BCUT2D eigenvalue weighted by atomic mass is 9.97. The fourth-order valence-electron chi connectivity index (χ4n) is 5.12. The molecule has 0 spiro atoms. The lowest BCUT2D eigenvalue weighted by Crippen LogP contribution is -2.57. The third-order valence-corrected chi connectivity index (χ3v) is 6.74. The quantitative estimate of drug-likeness (QED) is 0.663. The van der Waals surface area contributed by atoms with Crippen LogP contribution in [-0.2, 0) is 4.74 Å². The highest BCUT2D eigenvalue weighted by Gasteiger charge is 2.42. The largest absolute Gasteiger partial charge is 0.485 e. The van der Waals surface area contributed by atoms with Gasteiger partial charge in [0.25, 0.3) is 0 Å². The van der Waals surface area contributed by atoms with E-state index in [1.807, 2.05) is 31.7 Å². The number of nitrogens with zero attached hydrogens (tertiary/aromatic N) is 3. The first-order chi connectivity index (χ1) is 16.7. The van der Waals surface area contributed by atoms with Crippen molar-refractivity contribution < 1.29 is 18.7 Å². The van der Waals surface area contributed by atoms with Crippen LogP contribution >= 0.6 is 0 Å². The van der Waals surface area contributed by atoms with Crippen LogP contribution in [0.1, 0.15) is 63.6 Å². The molecule has 4 atom stereocenters. The molecule has 7 nitrogen and oxygen atoms in total. The van der Waals surface area contributed by atoms with E-state index < -0.39 is 17.7 Å². The van der Waals surface area contributed by atoms with E-state index in [0.717, 1.165) is 31.5 Å². The fourth-order valence-corrected chi connectivity index (χ4v) is 5.12. The van der Waals surface area contributed by atoms with Crippen molar-refractivity contribution in [3.05, 3.63) is 59.7 Å². The van der Waals surface area contributed by atoms with Crippen molar-refractivity contribution in [3.8, 4) is 11.8 Å². The molecule has 1 N–H and O–H groups in total. The summed E-state index contributed by atoms with van der Waals surface area (Å²) in [4.78, 5) is 19.5. The van der Waals surface area contributed by atoms with Crippen LogP contribution in [0.25, 0.3) is 0 Å². The minimum absolute atomic E-state index is 0.0594. The molecule has 186 valence electrons. The molecule has 1 aromatic heterocycles. The highest BCUT2D eigenvalue weighted by molar-refractivity contribution is 5.69. The van der Waals surface area contributed by atoms with Crippen LogP contribution in [0, 0.1) is 17.1 Å². The number of ether oxygens (including phenoxy) is 2. The van der Waals surface area contributed by atoms with E-state index in [1.54, 1.807) is 24.3 Å². The van der Waals surface area contributed by atoms with Crippen LogP contribution in [0.5, 0.6) is 5.75 Å². The molecule has 1 aliphatic heterocycles. The highest BCUT2D eigenvalue weighted by atomic mass is 19.1. The van der Waals surface area contributed by atoms with Gasteiger partial charge in [0.1, 0.15) is 35.5 Å². The molecule has 2 aromatic rings. The first kappa shape index (κ1) is 24.9. The van der Waals surface area contributed by atoms with Gasteiger partial charge in [-0.1, -0.05) is 12.1 Å². The van der Waals surface area contributed by atoms with E-state index in [1.165, 1.54) is 18.3 Å². The van der Waals surface area contributed by atoms with Crippen molar-refractivity contribution in [2.75, 3.05) is 13.1 Å². The molecule has 1 saturated carbocycles. The van der Waals surface area contributed by atoms with Gasteiger partial charge >= 0.3 is 6.09 Å². The van der Waals surface area contributed by atoms with Crippen LogP contribution in [0.3, 0.4) is 0 Å². The third kappa shape index (κ3) is 6.09. The van der Waals surface area contributed by atoms with Gasteiger partial charge < -0.3 is 14.8 Å². The Balaban J connectivity index is 1.54. The van der Waals surface area contributed by atoms with Gasteiger partial charge in [-0.15, -0.1) is 0 Å². The zero-order valence-corrected chi connectivity index (χ0v) is 20.5. The van der Waals surface area contributed by atoms with Gasteiger partial charge in [0.2, 0.25) is 0 Å². The molecule has 4 rings (SSSR count). The Morgan fingerprint density at radius 3 is 2.51 bits per heavy atom. The predicted octanol–water partition coefficient (Wildman–Crippen LogP) is 4.78. The molecule has 35 heavy (non-hydrogen) atoms. The summed E-state index contributed by atoms with van der Waals surface area (Å²) in [5, 5.41) is 12.4. The number of rotatable bonds is 5. The molecular formula is C27H33FN4O3. The summed E-state index contributed by atoms with van der Waals surface area (Å²) in [6.45, 7) is 7.77. The second kappa shape index (κ2) is 10.6. The molecule has 1 amide bonds. The van der Waals surface area contributed by atoms with E-state index in [-0.39, 0.29) is 23.9 Å². The van der Waals surface area contributed by atoms with E-state index >= 15 is 0 Å². The molecular weight excluding hydrogens is 447 g/mol. The van der Waals surface area contributed by atoms with Crippen molar-refractivity contribution in [2.45, 2.75) is 76.2 Å². The molecule has 1 aromatic carbocycles. The van der Waals surface area contributed by atoms with Gasteiger partial charge in [0, 0.05) is 18.1 Å². The maximum Gasteiger partial charge on any atom is 0.410 e. The number of piperidine rings is 1. The molecule has 1 aliphatic carbocycles. The second-order valence-electron chi connectivity index (χ2n) is 10.3. The molecule has 2 aliphatic rings. The topological polar surface area (TPSA) is 87.5 Å². The second-order valence-corrected chi connectivity index (χ2v) is 10.3. The summed E-state index contributed by atoms with van der Waals surface area (Å²) >= 11 is 0. The molecule has 0 bridgehead atoms. The lowest BCUT2D eigenvalue weighted by molar-refractivity contribution is -0.0132. The minimum atomic E-state index is -0.477. The van der Waals surface area contributed by atoms with Crippen LogP contribution < -0.4 is 10.1 Å². The van der Waals surface area contributed by atoms with Crippen molar-refractivity contribution in [2.24, 2.45) is 0 Å². The number of carbonyl (C=O) groups is 1. The zero-order chi connectivity index (χ0) is 25.0. The summed E-state index contributed by atoms with van der Waals surface area (Å²) in [6.07, 6.45) is 3.43. The lowest BCUT2D eigenvalue weighted by Gasteiger charge is -2.43. The predicted molar refractivity (Wildman–Crippen MR) is 129 cm³/mol. The standard InChI is InChI=1S/C27H33FN4O3/c1-27(2,3)32(22-5-4-12-30-16-22)26(33)35-25-14-19(18-6-8-20(28)9-7-18)13-24(25)34-23-11-10-21(15-29)31-17-23/h6-11,17,19,22,24-25,30H,4-5,12-14,16H2,1-3H3/t19?,22?,24?,25-/m1/s1. The molecule has 2 heterocycles. The number of carbonyl (C=O) groups excluding carboxylic acids is 1. The summed E-state index contributed by atoms with van der Waals surface area (Å²) < 4.78 is 25.9. The maximum absolute atomic E-state index is 13.5. The van der Waals surface area contributed by atoms with Gasteiger partial charge in [0.05, 0.1) is 6.20 Å². The van der Waals surface area contributed by atoms with Gasteiger partial charge in [-0.25, -0.2) is 14.2 Å². The van der Waals surface area contributed by atoms with Crippen molar-refractivity contribution in [1.82, 2.24) is 15.2 Å². The summed E-state index contributed by atoms with van der Waals surface area (Å²) in [5.74, 6) is 0.288. The Kier molecular flexibility index (Phi) is 7.56. The Morgan fingerprint density at radius 1 is 1.17 bits per heavy atom. The number of amides is 1. The number of pyridine rings is 1. The number of nitriles is 1. The Morgan fingerprint density at radius 2 is 1.91 bits per heavy atom. The van der Waals surface area contributed by atoms with Crippen LogP contribution in [0.2, 0.25) is 0 Å².